The van der Waals surface area contributed by atoms with Crippen LogP contribution in [0.5, 0.6) is 11.5 Å². The predicted octanol–water partition coefficient (Wildman–Crippen LogP) is 1.50. The van der Waals surface area contributed by atoms with Crippen LogP contribution in [0.3, 0.4) is 0 Å². The molecule has 0 aromatic heterocycles. The number of rotatable bonds is 3. The molecule has 0 heterocycles. The second-order valence-corrected chi connectivity index (χ2v) is 3.83. The van der Waals surface area contributed by atoms with Crippen molar-refractivity contribution in [2.75, 3.05) is 7.11 Å². The number of hydrogen-bond acceptors (Lipinski definition) is 3. The highest BCUT2D eigenvalue weighted by Crippen LogP contribution is 2.33. The number of amides is 1. The van der Waals surface area contributed by atoms with Gasteiger partial charge >= 0.3 is 0 Å². The fourth-order valence-corrected chi connectivity index (χ4v) is 1.65. The van der Waals surface area contributed by atoms with Gasteiger partial charge in [0.05, 0.1) is 10.7 Å². The first kappa shape index (κ1) is 11.8. The van der Waals surface area contributed by atoms with Crippen molar-refractivity contribution in [3.05, 3.63) is 27.3 Å². The van der Waals surface area contributed by atoms with Crippen LogP contribution in [0.4, 0.5) is 0 Å². The van der Waals surface area contributed by atoms with Crippen LogP contribution in [0.15, 0.2) is 18.2 Å². The van der Waals surface area contributed by atoms with E-state index >= 15 is 0 Å². The summed E-state index contributed by atoms with van der Waals surface area (Å²) in [6, 6.07) is 3.36. The molecule has 0 saturated heterocycles. The molecular formula is C10H10INO3. The number of phenols is 1. The Balaban J connectivity index is 3.12. The molecule has 0 unspecified atom stereocenters. The molecule has 1 aromatic carbocycles. The molecule has 0 saturated carbocycles. The topological polar surface area (TPSA) is 72.5 Å². The summed E-state index contributed by atoms with van der Waals surface area (Å²) in [5.74, 6) is -0.0681. The van der Waals surface area contributed by atoms with E-state index in [1.807, 2.05) is 22.6 Å². The van der Waals surface area contributed by atoms with Gasteiger partial charge in [0.2, 0.25) is 5.91 Å². The Morgan fingerprint density at radius 2 is 2.27 bits per heavy atom. The Kier molecular flexibility index (Phi) is 3.96. The van der Waals surface area contributed by atoms with Gasteiger partial charge in [0.25, 0.3) is 0 Å². The van der Waals surface area contributed by atoms with Gasteiger partial charge in [-0.1, -0.05) is 0 Å². The number of primary amides is 1. The van der Waals surface area contributed by atoms with E-state index in [9.17, 15) is 9.90 Å². The lowest BCUT2D eigenvalue weighted by Crippen LogP contribution is -2.05. The Bertz CT molecular complexity index is 415. The van der Waals surface area contributed by atoms with Crippen molar-refractivity contribution in [2.24, 2.45) is 5.73 Å². The van der Waals surface area contributed by atoms with E-state index in [-0.39, 0.29) is 5.75 Å². The lowest BCUT2D eigenvalue weighted by atomic mass is 10.2. The number of carbonyl (C=O) groups is 1. The van der Waals surface area contributed by atoms with E-state index in [2.05, 4.69) is 0 Å². The number of methoxy groups -OCH3 is 1. The molecule has 0 aliphatic carbocycles. The molecular weight excluding hydrogens is 309 g/mol. The van der Waals surface area contributed by atoms with Crippen molar-refractivity contribution in [3.8, 4) is 11.5 Å². The molecule has 0 spiro atoms. The summed E-state index contributed by atoms with van der Waals surface area (Å²) in [6.07, 6.45) is 2.78. The van der Waals surface area contributed by atoms with Gasteiger partial charge in [-0.05, 0) is 46.4 Å². The third kappa shape index (κ3) is 2.85. The molecule has 80 valence electrons. The second kappa shape index (κ2) is 5.01. The highest BCUT2D eigenvalue weighted by molar-refractivity contribution is 14.1. The standard InChI is InChI=1S/C10H10INO3/c1-15-7-4-2-6(3-5-8(12)13)9(11)10(7)14/h2-5,14H,1H3,(H2,12,13)/b5-3-. The minimum absolute atomic E-state index is 0.0599. The van der Waals surface area contributed by atoms with E-state index in [1.54, 1.807) is 18.2 Å². The van der Waals surface area contributed by atoms with Crippen LogP contribution in [-0.4, -0.2) is 18.1 Å². The summed E-state index contributed by atoms with van der Waals surface area (Å²) < 4.78 is 5.55. The van der Waals surface area contributed by atoms with Crippen molar-refractivity contribution in [1.29, 1.82) is 0 Å². The van der Waals surface area contributed by atoms with Crippen LogP contribution < -0.4 is 10.5 Å². The maximum atomic E-state index is 10.5. The maximum absolute atomic E-state index is 10.5. The van der Waals surface area contributed by atoms with Crippen LogP contribution in [0.25, 0.3) is 6.08 Å². The first-order valence-corrected chi connectivity index (χ1v) is 5.17. The van der Waals surface area contributed by atoms with Crippen LogP contribution in [-0.2, 0) is 4.79 Å². The monoisotopic (exact) mass is 319 g/mol. The summed E-state index contributed by atoms with van der Waals surface area (Å²) in [6.45, 7) is 0. The largest absolute Gasteiger partial charge is 0.504 e. The SMILES string of the molecule is COc1ccc(/C=C\C(N)=O)c(I)c1O. The summed E-state index contributed by atoms with van der Waals surface area (Å²) in [5, 5.41) is 9.66. The Labute approximate surface area is 101 Å². The first-order chi connectivity index (χ1) is 7.06. The van der Waals surface area contributed by atoms with E-state index in [0.29, 0.717) is 14.9 Å². The lowest BCUT2D eigenvalue weighted by molar-refractivity contribution is -0.113. The summed E-state index contributed by atoms with van der Waals surface area (Å²) in [7, 11) is 1.48. The van der Waals surface area contributed by atoms with Gasteiger partial charge in [0.1, 0.15) is 0 Å². The minimum Gasteiger partial charge on any atom is -0.504 e. The molecule has 1 amide bonds. The molecule has 4 nitrogen and oxygen atoms in total. The maximum Gasteiger partial charge on any atom is 0.241 e. The summed E-state index contributed by atoms with van der Waals surface area (Å²) >= 11 is 1.97. The molecule has 15 heavy (non-hydrogen) atoms. The van der Waals surface area contributed by atoms with Crippen molar-refractivity contribution >= 4 is 34.6 Å². The van der Waals surface area contributed by atoms with Gasteiger partial charge in [0, 0.05) is 6.08 Å². The number of halogens is 1. The highest BCUT2D eigenvalue weighted by atomic mass is 127. The zero-order valence-electron chi connectivity index (χ0n) is 8.03. The highest BCUT2D eigenvalue weighted by Gasteiger charge is 2.08. The molecule has 0 fully saturated rings. The van der Waals surface area contributed by atoms with Crippen LogP contribution in [0.1, 0.15) is 5.56 Å². The number of phenolic OH excluding ortho intramolecular Hbond substituents is 1. The quantitative estimate of drug-likeness (QED) is 0.655. The third-order valence-electron chi connectivity index (χ3n) is 1.76. The lowest BCUT2D eigenvalue weighted by Gasteiger charge is -2.06. The first-order valence-electron chi connectivity index (χ1n) is 4.09. The number of aromatic hydroxyl groups is 1. The predicted molar refractivity (Wildman–Crippen MR) is 65.6 cm³/mol. The fraction of sp³-hybridized carbons (Fsp3) is 0.100. The van der Waals surface area contributed by atoms with Gasteiger partial charge in [-0.3, -0.25) is 4.79 Å². The van der Waals surface area contributed by atoms with E-state index < -0.39 is 5.91 Å². The van der Waals surface area contributed by atoms with Gasteiger partial charge in [-0.2, -0.15) is 0 Å². The van der Waals surface area contributed by atoms with Crippen LogP contribution in [0, 0.1) is 3.57 Å². The third-order valence-corrected chi connectivity index (χ3v) is 2.89. The summed E-state index contributed by atoms with van der Waals surface area (Å²) in [5.41, 5.74) is 5.68. The Morgan fingerprint density at radius 3 is 2.80 bits per heavy atom. The minimum atomic E-state index is -0.527. The van der Waals surface area contributed by atoms with Gasteiger partial charge in [-0.25, -0.2) is 0 Å². The van der Waals surface area contributed by atoms with Gasteiger partial charge < -0.3 is 15.6 Å². The van der Waals surface area contributed by atoms with Crippen molar-refractivity contribution in [3.63, 3.8) is 0 Å². The number of nitrogens with two attached hydrogens (primary N) is 1. The van der Waals surface area contributed by atoms with Crippen LogP contribution in [0.2, 0.25) is 0 Å². The molecule has 0 radical (unpaired) electrons. The molecule has 0 bridgehead atoms. The number of benzene rings is 1. The van der Waals surface area contributed by atoms with Crippen molar-refractivity contribution in [1.82, 2.24) is 0 Å². The van der Waals surface area contributed by atoms with E-state index in [4.69, 9.17) is 10.5 Å². The molecule has 1 rings (SSSR count). The molecule has 0 aliphatic rings. The van der Waals surface area contributed by atoms with Gasteiger partial charge in [-0.15, -0.1) is 0 Å². The summed E-state index contributed by atoms with van der Waals surface area (Å²) in [4.78, 5) is 10.5. The van der Waals surface area contributed by atoms with Crippen LogP contribution >= 0.6 is 22.6 Å². The van der Waals surface area contributed by atoms with Crippen molar-refractivity contribution in [2.45, 2.75) is 0 Å². The molecule has 1 aromatic rings. The normalized spacial score (nSPS) is 10.5. The zero-order chi connectivity index (χ0) is 11.4. The number of carbonyl (C=O) groups excluding carboxylic acids is 1. The number of ether oxygens (including phenoxy) is 1. The smallest absolute Gasteiger partial charge is 0.241 e. The molecule has 0 atom stereocenters. The Hall–Kier alpha value is -1.24. The molecule has 0 aliphatic heterocycles. The average molecular weight is 319 g/mol. The molecule has 3 N–H and O–H groups in total. The fourth-order valence-electron chi connectivity index (χ4n) is 1.03. The Morgan fingerprint density at radius 1 is 1.60 bits per heavy atom. The molecule has 5 heteroatoms. The van der Waals surface area contributed by atoms with Gasteiger partial charge in [0.15, 0.2) is 11.5 Å². The average Bonchev–Trinajstić information content (AvgIpc) is 2.20. The van der Waals surface area contributed by atoms with Crippen molar-refractivity contribution < 1.29 is 14.6 Å². The number of hydrogen-bond donors (Lipinski definition) is 2. The van der Waals surface area contributed by atoms with E-state index in [0.717, 1.165) is 0 Å². The second-order valence-electron chi connectivity index (χ2n) is 2.76. The zero-order valence-corrected chi connectivity index (χ0v) is 10.2. The van der Waals surface area contributed by atoms with E-state index in [1.165, 1.54) is 13.2 Å².